The molecule has 0 spiro atoms. The predicted molar refractivity (Wildman–Crippen MR) is 97.4 cm³/mol. The highest BCUT2D eigenvalue weighted by Crippen LogP contribution is 2.22. The first-order valence-corrected chi connectivity index (χ1v) is 9.04. The molecule has 0 saturated carbocycles. The molecule has 1 amide bonds. The van der Waals surface area contributed by atoms with Crippen molar-refractivity contribution in [2.75, 3.05) is 26.7 Å². The minimum absolute atomic E-state index is 0.0482. The number of piperidine rings is 1. The molecule has 5 nitrogen and oxygen atoms in total. The van der Waals surface area contributed by atoms with Crippen molar-refractivity contribution in [2.45, 2.75) is 46.6 Å². The number of likely N-dealkylation sites (tertiary alicyclic amines) is 1. The lowest BCUT2D eigenvalue weighted by Crippen LogP contribution is -2.50. The van der Waals surface area contributed by atoms with E-state index in [0.29, 0.717) is 17.4 Å². The highest BCUT2D eigenvalue weighted by atomic mass is 16.2. The molecule has 0 aliphatic carbocycles. The van der Waals surface area contributed by atoms with E-state index in [0.717, 1.165) is 38.2 Å². The van der Waals surface area contributed by atoms with Crippen molar-refractivity contribution in [3.8, 4) is 0 Å². The van der Waals surface area contributed by atoms with Crippen molar-refractivity contribution in [2.24, 2.45) is 11.8 Å². The zero-order valence-corrected chi connectivity index (χ0v) is 15.6. The Kier molecular flexibility index (Phi) is 6.21. The predicted octanol–water partition coefficient (Wildman–Crippen LogP) is 2.38. The molecule has 5 heteroatoms. The maximum Gasteiger partial charge on any atom is 0.254 e. The summed E-state index contributed by atoms with van der Waals surface area (Å²) in [6.07, 6.45) is 1.75. The summed E-state index contributed by atoms with van der Waals surface area (Å²) in [5.74, 6) is 0.819. The third kappa shape index (κ3) is 4.47. The molecule has 2 atom stereocenters. The molecule has 24 heavy (non-hydrogen) atoms. The van der Waals surface area contributed by atoms with Gasteiger partial charge in [-0.3, -0.25) is 9.59 Å². The average Bonchev–Trinajstić information content (AvgIpc) is 2.52. The number of hydrogen-bond donors (Lipinski definition) is 1. The number of rotatable bonds is 5. The van der Waals surface area contributed by atoms with Crippen LogP contribution >= 0.6 is 0 Å². The summed E-state index contributed by atoms with van der Waals surface area (Å²) in [4.78, 5) is 31.9. The van der Waals surface area contributed by atoms with Crippen molar-refractivity contribution >= 4 is 5.91 Å². The van der Waals surface area contributed by atoms with E-state index >= 15 is 0 Å². The lowest BCUT2D eigenvalue weighted by atomic mass is 9.92. The maximum atomic E-state index is 12.9. The summed E-state index contributed by atoms with van der Waals surface area (Å²) in [5, 5.41) is 0. The lowest BCUT2D eigenvalue weighted by molar-refractivity contribution is 0.0520. The molecule has 2 rings (SSSR count). The van der Waals surface area contributed by atoms with Gasteiger partial charge in [-0.25, -0.2) is 0 Å². The van der Waals surface area contributed by atoms with Crippen molar-refractivity contribution in [3.63, 3.8) is 0 Å². The van der Waals surface area contributed by atoms with Crippen LogP contribution < -0.4 is 5.56 Å². The van der Waals surface area contributed by atoms with Gasteiger partial charge in [-0.1, -0.05) is 27.7 Å². The summed E-state index contributed by atoms with van der Waals surface area (Å²) in [6.45, 7) is 11.7. The topological polar surface area (TPSA) is 56.4 Å². The van der Waals surface area contributed by atoms with Crippen molar-refractivity contribution in [1.82, 2.24) is 14.8 Å². The Morgan fingerprint density at radius 2 is 2.12 bits per heavy atom. The van der Waals surface area contributed by atoms with Gasteiger partial charge in [0.1, 0.15) is 0 Å². The van der Waals surface area contributed by atoms with Crippen molar-refractivity contribution in [3.05, 3.63) is 33.7 Å². The number of nitrogens with zero attached hydrogens (tertiary/aromatic N) is 2. The van der Waals surface area contributed by atoms with E-state index in [-0.39, 0.29) is 17.5 Å². The molecule has 0 bridgehead atoms. The highest BCUT2D eigenvalue weighted by Gasteiger charge is 2.31. The number of nitrogens with one attached hydrogen (secondary N) is 1. The second-order valence-electron chi connectivity index (χ2n) is 7.50. The van der Waals surface area contributed by atoms with E-state index in [1.54, 1.807) is 0 Å². The van der Waals surface area contributed by atoms with Crippen LogP contribution in [0.4, 0.5) is 0 Å². The SMILES string of the molecule is CCN1CC[C@H](N(C)C(=O)c2cc(CC(C)C)[nH]c(=O)c2)[C@H](C)C1. The molecule has 0 unspecified atom stereocenters. The molecule has 0 radical (unpaired) electrons. The third-order valence-corrected chi connectivity index (χ3v) is 4.98. The van der Waals surface area contributed by atoms with Crippen LogP contribution in [0.1, 0.15) is 50.2 Å². The molecular formula is C19H31N3O2. The smallest absolute Gasteiger partial charge is 0.254 e. The molecule has 1 fully saturated rings. The van der Waals surface area contributed by atoms with Gasteiger partial charge in [-0.2, -0.15) is 0 Å². The Hall–Kier alpha value is -1.62. The quantitative estimate of drug-likeness (QED) is 0.900. The van der Waals surface area contributed by atoms with Gasteiger partial charge in [-0.05, 0) is 37.3 Å². The molecule has 2 heterocycles. The van der Waals surface area contributed by atoms with E-state index < -0.39 is 0 Å². The Morgan fingerprint density at radius 3 is 2.71 bits per heavy atom. The van der Waals surface area contributed by atoms with Gasteiger partial charge in [0.25, 0.3) is 5.91 Å². The normalized spacial score (nSPS) is 21.9. The molecule has 0 aromatic carbocycles. The largest absolute Gasteiger partial charge is 0.338 e. The third-order valence-electron chi connectivity index (χ3n) is 4.98. The standard InChI is InChI=1S/C19H31N3O2/c1-6-22-8-7-17(14(4)12-22)21(5)19(24)15-10-16(9-13(2)3)20-18(23)11-15/h10-11,13-14,17H,6-9,12H2,1-5H3,(H,20,23)/t14-,17+/m1/s1. The van der Waals surface area contributed by atoms with Gasteiger partial charge in [0, 0.05) is 43.5 Å². The van der Waals surface area contributed by atoms with E-state index in [9.17, 15) is 9.59 Å². The monoisotopic (exact) mass is 333 g/mol. The van der Waals surface area contributed by atoms with Crippen LogP contribution in [-0.4, -0.2) is 53.4 Å². The van der Waals surface area contributed by atoms with Gasteiger partial charge in [0.05, 0.1) is 0 Å². The average molecular weight is 333 g/mol. The Bertz CT molecular complexity index is 623. The zero-order chi connectivity index (χ0) is 17.9. The summed E-state index contributed by atoms with van der Waals surface area (Å²) >= 11 is 0. The fourth-order valence-corrected chi connectivity index (χ4v) is 3.71. The van der Waals surface area contributed by atoms with E-state index in [2.05, 4.69) is 37.6 Å². The van der Waals surface area contributed by atoms with Crippen molar-refractivity contribution < 1.29 is 4.79 Å². The first kappa shape index (κ1) is 18.7. The lowest BCUT2D eigenvalue weighted by Gasteiger charge is -2.41. The fraction of sp³-hybridized carbons (Fsp3) is 0.684. The van der Waals surface area contributed by atoms with Gasteiger partial charge < -0.3 is 14.8 Å². The van der Waals surface area contributed by atoms with Crippen LogP contribution in [0, 0.1) is 11.8 Å². The molecule has 134 valence electrons. The molecule has 1 aromatic rings. The second kappa shape index (κ2) is 7.97. The minimum atomic E-state index is -0.196. The van der Waals surface area contributed by atoms with Crippen molar-refractivity contribution in [1.29, 1.82) is 0 Å². The van der Waals surface area contributed by atoms with E-state index in [1.165, 1.54) is 6.07 Å². The second-order valence-corrected chi connectivity index (χ2v) is 7.50. The first-order valence-electron chi connectivity index (χ1n) is 9.04. The molecule has 1 aromatic heterocycles. The summed E-state index contributed by atoms with van der Waals surface area (Å²) in [5.41, 5.74) is 1.14. The molecule has 1 aliphatic heterocycles. The first-order chi connectivity index (χ1) is 11.3. The highest BCUT2D eigenvalue weighted by molar-refractivity contribution is 5.94. The van der Waals surface area contributed by atoms with Crippen LogP contribution in [0.15, 0.2) is 16.9 Å². The van der Waals surface area contributed by atoms with Crippen LogP contribution in [0.25, 0.3) is 0 Å². The number of aromatic amines is 1. The number of pyridine rings is 1. The number of hydrogen-bond acceptors (Lipinski definition) is 3. The molecule has 1 aliphatic rings. The molecular weight excluding hydrogens is 302 g/mol. The summed E-state index contributed by atoms with van der Waals surface area (Å²) in [7, 11) is 1.87. The number of amides is 1. The van der Waals surface area contributed by atoms with Gasteiger partial charge in [0.15, 0.2) is 0 Å². The van der Waals surface area contributed by atoms with Crippen LogP contribution in [0.2, 0.25) is 0 Å². The van der Waals surface area contributed by atoms with Gasteiger partial charge in [-0.15, -0.1) is 0 Å². The minimum Gasteiger partial charge on any atom is -0.338 e. The number of aromatic nitrogens is 1. The van der Waals surface area contributed by atoms with Crippen LogP contribution in [0.3, 0.4) is 0 Å². The van der Waals surface area contributed by atoms with Gasteiger partial charge in [0.2, 0.25) is 5.56 Å². The van der Waals surface area contributed by atoms with Crippen LogP contribution in [-0.2, 0) is 6.42 Å². The number of carbonyl (C=O) groups excluding carboxylic acids is 1. The number of carbonyl (C=O) groups is 1. The van der Waals surface area contributed by atoms with Crippen LogP contribution in [0.5, 0.6) is 0 Å². The van der Waals surface area contributed by atoms with E-state index in [1.807, 2.05) is 18.0 Å². The maximum absolute atomic E-state index is 12.9. The van der Waals surface area contributed by atoms with Gasteiger partial charge >= 0.3 is 0 Å². The molecule has 1 N–H and O–H groups in total. The summed E-state index contributed by atoms with van der Waals surface area (Å²) < 4.78 is 0. The Morgan fingerprint density at radius 1 is 1.42 bits per heavy atom. The Balaban J connectivity index is 2.16. The summed E-state index contributed by atoms with van der Waals surface area (Å²) in [6, 6.07) is 3.49. The van der Waals surface area contributed by atoms with E-state index in [4.69, 9.17) is 0 Å². The fourth-order valence-electron chi connectivity index (χ4n) is 3.71. The Labute approximate surface area is 145 Å². The zero-order valence-electron chi connectivity index (χ0n) is 15.6. The molecule has 1 saturated heterocycles. The number of H-pyrrole nitrogens is 1.